The summed E-state index contributed by atoms with van der Waals surface area (Å²) in [4.78, 5) is 23.6. The zero-order valence-electron chi connectivity index (χ0n) is 14.7. The lowest BCUT2D eigenvalue weighted by Crippen LogP contribution is -2.23. The number of nitrogens with zero attached hydrogens (tertiary/aromatic N) is 5. The van der Waals surface area contributed by atoms with E-state index in [1.165, 1.54) is 12.1 Å². The van der Waals surface area contributed by atoms with E-state index in [1.807, 2.05) is 0 Å². The maximum Gasteiger partial charge on any atom is 0.449 e. The molecule has 148 valence electrons. The van der Waals surface area contributed by atoms with Gasteiger partial charge in [0.2, 0.25) is 5.82 Å². The Morgan fingerprint density at radius 3 is 2.72 bits per heavy atom. The lowest BCUT2D eigenvalue weighted by atomic mass is 10.3. The van der Waals surface area contributed by atoms with Crippen LogP contribution in [0.3, 0.4) is 0 Å². The molecule has 0 aliphatic rings. The predicted molar refractivity (Wildman–Crippen MR) is 93.5 cm³/mol. The number of carbonyl (C=O) groups is 1. The third kappa shape index (κ3) is 3.93. The number of halogens is 3. The molecule has 8 nitrogen and oxygen atoms in total. The number of alkyl halides is 3. The van der Waals surface area contributed by atoms with Gasteiger partial charge in [0.05, 0.1) is 17.6 Å². The van der Waals surface area contributed by atoms with Gasteiger partial charge in [0.1, 0.15) is 0 Å². The third-order valence-corrected chi connectivity index (χ3v) is 4.05. The quantitative estimate of drug-likeness (QED) is 0.551. The number of hydrogen-bond acceptors (Lipinski definition) is 6. The molecule has 1 aromatic carbocycles. The highest BCUT2D eigenvalue weighted by molar-refractivity contribution is 5.89. The fourth-order valence-electron chi connectivity index (χ4n) is 2.76. The van der Waals surface area contributed by atoms with Gasteiger partial charge < -0.3 is 14.4 Å². The van der Waals surface area contributed by atoms with Crippen molar-refractivity contribution < 1.29 is 22.5 Å². The highest BCUT2D eigenvalue weighted by atomic mass is 19.4. The maximum absolute atomic E-state index is 13.4. The molecule has 0 radical (unpaired) electrons. The Hall–Kier alpha value is -3.76. The Morgan fingerprint density at radius 1 is 1.14 bits per heavy atom. The number of hydrogen-bond donors (Lipinski definition) is 1. The van der Waals surface area contributed by atoms with Crippen LogP contribution in [0.15, 0.2) is 53.3 Å². The molecule has 29 heavy (non-hydrogen) atoms. The number of para-hydroxylation sites is 2. The van der Waals surface area contributed by atoms with E-state index in [1.54, 1.807) is 36.7 Å². The van der Waals surface area contributed by atoms with Gasteiger partial charge in [-0.25, -0.2) is 4.98 Å². The highest BCUT2D eigenvalue weighted by Gasteiger charge is 2.38. The molecule has 0 aliphatic heterocycles. The molecular formula is C18H13F3N6O2. The van der Waals surface area contributed by atoms with E-state index in [0.29, 0.717) is 0 Å². The van der Waals surface area contributed by atoms with Crippen LogP contribution in [-0.2, 0) is 19.3 Å². The predicted octanol–water partition coefficient (Wildman–Crippen LogP) is 2.81. The van der Waals surface area contributed by atoms with Gasteiger partial charge >= 0.3 is 18.0 Å². The summed E-state index contributed by atoms with van der Waals surface area (Å²) in [5.41, 5.74) is 1.23. The van der Waals surface area contributed by atoms with Crippen molar-refractivity contribution in [3.8, 4) is 0 Å². The number of imidazole rings is 1. The number of benzene rings is 1. The number of aromatic nitrogens is 5. The molecule has 4 aromatic rings. The lowest BCUT2D eigenvalue weighted by molar-refractivity contribution is -0.146. The molecule has 0 bridgehead atoms. The number of pyridine rings is 1. The van der Waals surface area contributed by atoms with Crippen LogP contribution >= 0.6 is 0 Å². The van der Waals surface area contributed by atoms with Crippen molar-refractivity contribution in [2.45, 2.75) is 19.3 Å². The van der Waals surface area contributed by atoms with E-state index in [-0.39, 0.29) is 35.8 Å². The van der Waals surface area contributed by atoms with Crippen molar-refractivity contribution in [3.63, 3.8) is 0 Å². The minimum atomic E-state index is -4.66. The molecule has 4 rings (SSSR count). The van der Waals surface area contributed by atoms with Gasteiger partial charge in [-0.3, -0.25) is 9.78 Å². The molecule has 0 saturated carbocycles. The molecule has 0 atom stereocenters. The summed E-state index contributed by atoms with van der Waals surface area (Å²) in [6, 6.07) is 9.69. The molecule has 0 spiro atoms. The van der Waals surface area contributed by atoms with Gasteiger partial charge in [0.15, 0.2) is 5.82 Å². The van der Waals surface area contributed by atoms with Crippen molar-refractivity contribution >= 4 is 16.9 Å². The molecule has 0 unspecified atom stereocenters. The van der Waals surface area contributed by atoms with Crippen molar-refractivity contribution in [2.75, 3.05) is 0 Å². The summed E-state index contributed by atoms with van der Waals surface area (Å²) < 4.78 is 45.9. The SMILES string of the molecule is O=C(NCc1cccnc1)c1nc(Cn2c(C(F)(F)F)nc3ccccc32)no1. The monoisotopic (exact) mass is 402 g/mol. The van der Waals surface area contributed by atoms with Crippen LogP contribution in [0.1, 0.15) is 27.9 Å². The van der Waals surface area contributed by atoms with Crippen molar-refractivity contribution in [2.24, 2.45) is 0 Å². The van der Waals surface area contributed by atoms with Crippen LogP contribution in [0.25, 0.3) is 11.0 Å². The van der Waals surface area contributed by atoms with Gasteiger partial charge in [-0.1, -0.05) is 23.4 Å². The minimum absolute atomic E-state index is 0.0785. The van der Waals surface area contributed by atoms with Gasteiger partial charge in [0, 0.05) is 18.9 Å². The largest absolute Gasteiger partial charge is 0.449 e. The second-order valence-electron chi connectivity index (χ2n) is 6.07. The molecule has 1 amide bonds. The molecule has 1 N–H and O–H groups in total. The van der Waals surface area contributed by atoms with E-state index < -0.39 is 17.9 Å². The number of carbonyl (C=O) groups excluding carboxylic acids is 1. The van der Waals surface area contributed by atoms with Crippen molar-refractivity contribution in [3.05, 3.63) is 71.9 Å². The summed E-state index contributed by atoms with van der Waals surface area (Å²) in [7, 11) is 0. The molecule has 3 heterocycles. The maximum atomic E-state index is 13.4. The Morgan fingerprint density at radius 2 is 1.97 bits per heavy atom. The molecular weight excluding hydrogens is 389 g/mol. The van der Waals surface area contributed by atoms with Crippen LogP contribution < -0.4 is 5.32 Å². The fourth-order valence-corrected chi connectivity index (χ4v) is 2.76. The molecule has 0 saturated heterocycles. The summed E-state index contributed by atoms with van der Waals surface area (Å²) in [5.74, 6) is -2.14. The molecule has 3 aromatic heterocycles. The molecule has 0 aliphatic carbocycles. The topological polar surface area (TPSA) is 98.7 Å². The normalized spacial score (nSPS) is 11.7. The summed E-state index contributed by atoms with van der Waals surface area (Å²) in [5, 5.41) is 6.20. The van der Waals surface area contributed by atoms with Crippen LogP contribution in [-0.4, -0.2) is 30.6 Å². The second kappa shape index (κ2) is 7.34. The van der Waals surface area contributed by atoms with Gasteiger partial charge in [-0.05, 0) is 23.8 Å². The molecule has 0 fully saturated rings. The lowest BCUT2D eigenvalue weighted by Gasteiger charge is -2.09. The zero-order valence-corrected chi connectivity index (χ0v) is 14.7. The number of nitrogens with one attached hydrogen (secondary N) is 1. The van der Waals surface area contributed by atoms with E-state index in [9.17, 15) is 18.0 Å². The first-order valence-electron chi connectivity index (χ1n) is 8.44. The minimum Gasteiger partial charge on any atom is -0.344 e. The second-order valence-corrected chi connectivity index (χ2v) is 6.07. The first-order valence-corrected chi connectivity index (χ1v) is 8.44. The van der Waals surface area contributed by atoms with Crippen molar-refractivity contribution in [1.29, 1.82) is 0 Å². The Labute approximate surface area is 161 Å². The average molecular weight is 402 g/mol. The van der Waals surface area contributed by atoms with Gasteiger partial charge in [-0.2, -0.15) is 18.2 Å². The van der Waals surface area contributed by atoms with Crippen LogP contribution in [0.2, 0.25) is 0 Å². The highest BCUT2D eigenvalue weighted by Crippen LogP contribution is 2.31. The van der Waals surface area contributed by atoms with E-state index in [2.05, 4.69) is 25.4 Å². The van der Waals surface area contributed by atoms with E-state index >= 15 is 0 Å². The first kappa shape index (κ1) is 18.6. The Bertz CT molecular complexity index is 1150. The molecule has 11 heteroatoms. The summed E-state index contributed by atoms with van der Waals surface area (Å²) in [6.07, 6.45) is -1.47. The fraction of sp³-hybridized carbons (Fsp3) is 0.167. The van der Waals surface area contributed by atoms with Crippen LogP contribution in [0.5, 0.6) is 0 Å². The third-order valence-electron chi connectivity index (χ3n) is 4.05. The number of amides is 1. The standard InChI is InChI=1S/C18H13F3N6O2/c19-18(20,21)17-24-12-5-1-2-6-13(12)27(17)10-14-25-16(29-26-14)15(28)23-9-11-4-3-7-22-8-11/h1-8H,9-10H2,(H,23,28). The zero-order chi connectivity index (χ0) is 20.4. The average Bonchev–Trinajstić information content (AvgIpc) is 3.32. The summed E-state index contributed by atoms with van der Waals surface area (Å²) >= 11 is 0. The van der Waals surface area contributed by atoms with Crippen LogP contribution in [0.4, 0.5) is 13.2 Å². The van der Waals surface area contributed by atoms with Crippen molar-refractivity contribution in [1.82, 2.24) is 30.0 Å². The number of fused-ring (bicyclic) bond motifs is 1. The Kier molecular flexibility index (Phi) is 4.71. The van der Waals surface area contributed by atoms with E-state index in [4.69, 9.17) is 4.52 Å². The first-order chi connectivity index (χ1) is 13.9. The smallest absolute Gasteiger partial charge is 0.344 e. The van der Waals surface area contributed by atoms with E-state index in [0.717, 1.165) is 10.1 Å². The van der Waals surface area contributed by atoms with Crippen LogP contribution in [0, 0.1) is 0 Å². The number of rotatable bonds is 5. The Balaban J connectivity index is 1.54. The summed E-state index contributed by atoms with van der Waals surface area (Å²) in [6.45, 7) is -0.163. The van der Waals surface area contributed by atoms with Gasteiger partial charge in [0.25, 0.3) is 0 Å². The van der Waals surface area contributed by atoms with Gasteiger partial charge in [-0.15, -0.1) is 0 Å².